The van der Waals surface area contributed by atoms with Crippen LogP contribution < -0.4 is 11.1 Å². The summed E-state index contributed by atoms with van der Waals surface area (Å²) in [5.74, 6) is -0.816. The van der Waals surface area contributed by atoms with E-state index >= 15 is 0 Å². The molecule has 288 valence electrons. The van der Waals surface area contributed by atoms with Gasteiger partial charge in [-0.05, 0) is 36.3 Å². The molecule has 52 heavy (non-hydrogen) atoms. The van der Waals surface area contributed by atoms with Gasteiger partial charge in [0.15, 0.2) is 28.0 Å². The molecule has 0 fully saturated rings. The number of methoxy groups -OCH3 is 2. The summed E-state index contributed by atoms with van der Waals surface area (Å²) in [5, 5.41) is 19.7. The normalized spacial score (nSPS) is 15.7. The lowest BCUT2D eigenvalue weighted by Gasteiger charge is -2.38. The van der Waals surface area contributed by atoms with Crippen LogP contribution >= 0.6 is 0 Å². The van der Waals surface area contributed by atoms with Gasteiger partial charge in [-0.1, -0.05) is 54.0 Å². The first-order chi connectivity index (χ1) is 23.8. The fraction of sp³-hybridized carbons (Fsp3) is 0.588. The average molecular weight is 765 g/mol. The molecule has 0 bridgehead atoms. The number of terminal acetylenes is 1. The highest BCUT2D eigenvalue weighted by molar-refractivity contribution is 6.74. The zero-order valence-corrected chi connectivity index (χ0v) is 34.1. The van der Waals surface area contributed by atoms with Gasteiger partial charge in [0.1, 0.15) is 30.5 Å². The SMILES string of the molecule is C#CCOCC(O[Si](C)(C)C(C)(C)C)c1nc(C(=O)OC)c(O)c(=O)[nH]1.C=C1COCC(O[Si](C)(C)C(C)(C)C)c2nc(C(=O)OC)c(O)c(=O)n21. The molecule has 0 aliphatic carbocycles. The predicted molar refractivity (Wildman–Crippen MR) is 197 cm³/mol. The Morgan fingerprint density at radius 3 is 2.04 bits per heavy atom. The minimum absolute atomic E-state index is 0.0328. The number of nitrogens with zero attached hydrogens (tertiary/aromatic N) is 3. The Morgan fingerprint density at radius 1 is 1.00 bits per heavy atom. The molecule has 1 aliphatic heterocycles. The third kappa shape index (κ3) is 10.3. The largest absolute Gasteiger partial charge is 0.501 e. The average Bonchev–Trinajstić information content (AvgIpc) is 3.19. The van der Waals surface area contributed by atoms with Gasteiger partial charge in [-0.2, -0.15) is 0 Å². The molecule has 3 N–H and O–H groups in total. The third-order valence-corrected chi connectivity index (χ3v) is 18.1. The lowest BCUT2D eigenvalue weighted by Crippen LogP contribution is -2.43. The van der Waals surface area contributed by atoms with Crippen molar-refractivity contribution in [3.63, 3.8) is 0 Å². The van der Waals surface area contributed by atoms with Crippen LogP contribution in [0.25, 0.3) is 5.70 Å². The van der Waals surface area contributed by atoms with E-state index < -0.39 is 74.8 Å². The summed E-state index contributed by atoms with van der Waals surface area (Å²) >= 11 is 0. The number of hydrogen-bond acceptors (Lipinski definition) is 14. The minimum atomic E-state index is -2.27. The molecule has 0 saturated carbocycles. The van der Waals surface area contributed by atoms with E-state index in [1.165, 1.54) is 0 Å². The number of aromatic hydroxyl groups is 2. The monoisotopic (exact) mass is 764 g/mol. The molecule has 2 aromatic heterocycles. The number of carbonyl (C=O) groups is 2. The quantitative estimate of drug-likeness (QED) is 0.134. The maximum Gasteiger partial charge on any atom is 0.360 e. The topological polar surface area (TPSA) is 211 Å². The van der Waals surface area contributed by atoms with Crippen LogP contribution in [0.2, 0.25) is 36.3 Å². The fourth-order valence-electron chi connectivity index (χ4n) is 4.13. The zero-order chi connectivity index (χ0) is 40.0. The lowest BCUT2D eigenvalue weighted by molar-refractivity contribution is 0.0508. The Labute approximate surface area is 305 Å². The van der Waals surface area contributed by atoms with E-state index in [1.807, 2.05) is 13.1 Å². The molecule has 16 nitrogen and oxygen atoms in total. The van der Waals surface area contributed by atoms with Crippen molar-refractivity contribution in [2.24, 2.45) is 0 Å². The van der Waals surface area contributed by atoms with Gasteiger partial charge < -0.3 is 43.0 Å². The molecule has 0 amide bonds. The highest BCUT2D eigenvalue weighted by Gasteiger charge is 2.42. The standard InChI is InChI=1S/2C17H26N2O6Si/c1-10-8-24-9-11(25-26(6,7)17(2,3)4)14-18-12(16(22)23-5)13(20)15(21)19(10)14;1-8-9-24-10-11(25-26(6,7)17(2,3)4)14-18-12(16(22)23-5)13(20)15(21)19-14/h11,20H,1,8-9H2,2-7H3;1,11,20H,9-10H2,2-7H3,(H,18,19,21). The van der Waals surface area contributed by atoms with Gasteiger partial charge in [-0.15, -0.1) is 6.42 Å². The van der Waals surface area contributed by atoms with Crippen molar-refractivity contribution < 1.29 is 47.6 Å². The second-order valence-electron chi connectivity index (χ2n) is 15.0. The van der Waals surface area contributed by atoms with Crippen LogP contribution in [0, 0.1) is 12.3 Å². The van der Waals surface area contributed by atoms with Crippen LogP contribution in [-0.4, -0.2) is 99.0 Å². The van der Waals surface area contributed by atoms with Crippen molar-refractivity contribution in [2.75, 3.05) is 40.6 Å². The van der Waals surface area contributed by atoms with Gasteiger partial charge in [0.25, 0.3) is 5.56 Å². The van der Waals surface area contributed by atoms with E-state index in [0.717, 1.165) is 18.8 Å². The van der Waals surface area contributed by atoms with E-state index in [0.29, 0.717) is 5.70 Å². The molecule has 1 aliphatic rings. The Kier molecular flexibility index (Phi) is 14.5. The first kappa shape index (κ1) is 44.0. The molecule has 0 aromatic carbocycles. The number of aromatic nitrogens is 4. The molecule has 0 spiro atoms. The third-order valence-electron chi connectivity index (χ3n) is 9.14. The summed E-state index contributed by atoms with van der Waals surface area (Å²) in [6, 6.07) is 0. The predicted octanol–water partition coefficient (Wildman–Crippen LogP) is 4.27. The van der Waals surface area contributed by atoms with Crippen LogP contribution in [0.15, 0.2) is 16.2 Å². The molecular weight excluding hydrogens is 713 g/mol. The van der Waals surface area contributed by atoms with Crippen LogP contribution in [0.5, 0.6) is 11.5 Å². The van der Waals surface area contributed by atoms with Crippen molar-refractivity contribution in [3.05, 3.63) is 50.3 Å². The van der Waals surface area contributed by atoms with Crippen LogP contribution in [0.3, 0.4) is 0 Å². The number of hydrogen-bond donors (Lipinski definition) is 3. The van der Waals surface area contributed by atoms with Crippen LogP contribution in [0.4, 0.5) is 0 Å². The summed E-state index contributed by atoms with van der Waals surface area (Å²) < 4.78 is 33.9. The van der Waals surface area contributed by atoms with E-state index in [1.54, 1.807) is 0 Å². The number of esters is 2. The number of carbonyl (C=O) groups excluding carboxylic acids is 2. The van der Waals surface area contributed by atoms with Crippen LogP contribution in [-0.2, 0) is 27.8 Å². The fourth-order valence-corrected chi connectivity index (χ4v) is 6.62. The van der Waals surface area contributed by atoms with Gasteiger partial charge in [0.05, 0.1) is 34.0 Å². The zero-order valence-electron chi connectivity index (χ0n) is 32.1. The minimum Gasteiger partial charge on any atom is -0.501 e. The number of aromatic amines is 1. The number of nitrogens with one attached hydrogen (secondary N) is 1. The van der Waals surface area contributed by atoms with Gasteiger partial charge in [0, 0.05) is 5.70 Å². The number of fused-ring (bicyclic) bond motifs is 1. The highest BCUT2D eigenvalue weighted by atomic mass is 28.4. The second kappa shape index (κ2) is 17.1. The lowest BCUT2D eigenvalue weighted by atomic mass is 10.2. The van der Waals surface area contributed by atoms with Gasteiger partial charge in [0.2, 0.25) is 11.5 Å². The molecule has 2 unspecified atom stereocenters. The summed E-state index contributed by atoms with van der Waals surface area (Å²) in [6.45, 7) is 24.8. The molecule has 2 atom stereocenters. The van der Waals surface area contributed by atoms with E-state index in [4.69, 9.17) is 24.7 Å². The number of ether oxygens (including phenoxy) is 4. The Balaban J connectivity index is 0.000000360. The smallest absolute Gasteiger partial charge is 0.360 e. The number of H-pyrrole nitrogens is 1. The summed E-state index contributed by atoms with van der Waals surface area (Å²) in [6.07, 6.45) is 3.76. The maximum absolute atomic E-state index is 12.6. The maximum atomic E-state index is 12.6. The summed E-state index contributed by atoms with van der Waals surface area (Å²) in [4.78, 5) is 59.0. The van der Waals surface area contributed by atoms with Crippen molar-refractivity contribution in [3.8, 4) is 23.8 Å². The Hall–Kier alpha value is -4.13. The van der Waals surface area contributed by atoms with Crippen molar-refractivity contribution in [1.29, 1.82) is 0 Å². The molecule has 18 heteroatoms. The molecule has 2 aromatic rings. The van der Waals surface area contributed by atoms with Crippen molar-refractivity contribution in [2.45, 2.75) is 90.0 Å². The molecule has 0 saturated heterocycles. The van der Waals surface area contributed by atoms with E-state index in [9.17, 15) is 29.4 Å². The molecule has 0 radical (unpaired) electrons. The van der Waals surface area contributed by atoms with Crippen molar-refractivity contribution >= 4 is 34.3 Å². The number of rotatable bonds is 10. The van der Waals surface area contributed by atoms with Crippen LogP contribution in [0.1, 0.15) is 86.4 Å². The first-order valence-corrected chi connectivity index (χ1v) is 22.1. The van der Waals surface area contributed by atoms with Crippen molar-refractivity contribution in [1.82, 2.24) is 19.5 Å². The Morgan fingerprint density at radius 2 is 1.54 bits per heavy atom. The second-order valence-corrected chi connectivity index (χ2v) is 24.5. The van der Waals surface area contributed by atoms with Gasteiger partial charge >= 0.3 is 17.5 Å². The van der Waals surface area contributed by atoms with Gasteiger partial charge in [-0.25, -0.2) is 19.6 Å². The molecular formula is C34H52N4O12Si2. The van der Waals surface area contributed by atoms with Gasteiger partial charge in [-0.3, -0.25) is 14.2 Å². The summed E-state index contributed by atoms with van der Waals surface area (Å²) in [7, 11) is -2.22. The highest BCUT2D eigenvalue weighted by Crippen LogP contribution is 2.41. The van der Waals surface area contributed by atoms with E-state index in [-0.39, 0.29) is 48.2 Å². The van der Waals surface area contributed by atoms with E-state index in [2.05, 4.69) is 91.6 Å². The molecule has 3 heterocycles. The molecule has 3 rings (SSSR count). The summed E-state index contributed by atoms with van der Waals surface area (Å²) in [5.41, 5.74) is -2.27. The first-order valence-electron chi connectivity index (χ1n) is 16.3. The Bertz CT molecular complexity index is 1800.